The van der Waals surface area contributed by atoms with Crippen LogP contribution < -0.4 is 14.5 Å². The van der Waals surface area contributed by atoms with Crippen LogP contribution in [0, 0.1) is 0 Å². The Hall–Kier alpha value is -4.20. The van der Waals surface area contributed by atoms with Crippen molar-refractivity contribution in [2.24, 2.45) is 0 Å². The number of carbonyl (C=O) groups excluding carboxylic acids is 1. The van der Waals surface area contributed by atoms with E-state index in [2.05, 4.69) is 15.5 Å². The van der Waals surface area contributed by atoms with E-state index in [0.717, 1.165) is 22.7 Å². The van der Waals surface area contributed by atoms with Gasteiger partial charge < -0.3 is 14.5 Å². The molecule has 3 aromatic carbocycles. The van der Waals surface area contributed by atoms with Gasteiger partial charge in [-0.2, -0.15) is 0 Å². The van der Waals surface area contributed by atoms with E-state index >= 15 is 0 Å². The van der Waals surface area contributed by atoms with Crippen molar-refractivity contribution >= 4 is 17.3 Å². The van der Waals surface area contributed by atoms with Gasteiger partial charge >= 0.3 is 0 Å². The lowest BCUT2D eigenvalue weighted by atomic mass is 10.1. The first-order chi connectivity index (χ1) is 15.5. The molecule has 1 aromatic heterocycles. The maximum atomic E-state index is 13.6. The third kappa shape index (κ3) is 4.59. The average Bonchev–Trinajstić information content (AvgIpc) is 3.38. The number of benzene rings is 3. The Kier molecular flexibility index (Phi) is 6.12. The predicted octanol–water partition coefficient (Wildman–Crippen LogP) is 3.58. The van der Waals surface area contributed by atoms with Gasteiger partial charge in [0.05, 0.1) is 19.3 Å². The molecule has 162 valence electrons. The third-order valence-corrected chi connectivity index (χ3v) is 5.13. The molecule has 0 radical (unpaired) electrons. The quantitative estimate of drug-likeness (QED) is 0.448. The monoisotopic (exact) mass is 428 g/mol. The molecule has 0 fully saturated rings. The molecule has 0 atom stereocenters. The Morgan fingerprint density at radius 1 is 0.969 bits per heavy atom. The Balaban J connectivity index is 1.68. The SMILES string of the molecule is COc1ccc(N(Cc2ccc(N(C)C)cc2)C(=O)c2cccc(-n3cnnn3)c2)cc1. The van der Waals surface area contributed by atoms with Crippen LogP contribution in [-0.4, -0.2) is 47.3 Å². The Bertz CT molecular complexity index is 1170. The van der Waals surface area contributed by atoms with Crippen LogP contribution >= 0.6 is 0 Å². The molecule has 1 amide bonds. The summed E-state index contributed by atoms with van der Waals surface area (Å²) in [5, 5.41) is 11.3. The second kappa shape index (κ2) is 9.30. The molecular weight excluding hydrogens is 404 g/mol. The van der Waals surface area contributed by atoms with E-state index in [-0.39, 0.29) is 5.91 Å². The van der Waals surface area contributed by atoms with Crippen molar-refractivity contribution in [1.29, 1.82) is 0 Å². The minimum absolute atomic E-state index is 0.123. The standard InChI is InChI=1S/C24H24N6O2/c1-28(2)20-9-7-18(8-10-20)16-29(21-11-13-23(32-3)14-12-21)24(31)19-5-4-6-22(15-19)30-17-25-26-27-30/h4-15,17H,16H2,1-3H3. The third-order valence-electron chi connectivity index (χ3n) is 5.13. The van der Waals surface area contributed by atoms with Crippen LogP contribution in [0.5, 0.6) is 5.75 Å². The fourth-order valence-corrected chi connectivity index (χ4v) is 3.34. The molecule has 4 aromatic rings. The second-order valence-electron chi connectivity index (χ2n) is 7.45. The Labute approximate surface area is 186 Å². The fourth-order valence-electron chi connectivity index (χ4n) is 3.34. The van der Waals surface area contributed by atoms with Crippen LogP contribution in [0.3, 0.4) is 0 Å². The van der Waals surface area contributed by atoms with Crippen molar-refractivity contribution in [2.75, 3.05) is 31.0 Å². The maximum absolute atomic E-state index is 13.6. The zero-order valence-electron chi connectivity index (χ0n) is 18.2. The first-order valence-corrected chi connectivity index (χ1v) is 10.1. The van der Waals surface area contributed by atoms with Crippen LogP contribution in [0.25, 0.3) is 5.69 Å². The molecule has 0 aliphatic heterocycles. The largest absolute Gasteiger partial charge is 0.497 e. The summed E-state index contributed by atoms with van der Waals surface area (Å²) in [6.07, 6.45) is 1.50. The molecule has 0 saturated carbocycles. The summed E-state index contributed by atoms with van der Waals surface area (Å²) in [5.74, 6) is 0.610. The highest BCUT2D eigenvalue weighted by Crippen LogP contribution is 2.24. The Morgan fingerprint density at radius 3 is 2.31 bits per heavy atom. The number of tetrazole rings is 1. The van der Waals surface area contributed by atoms with E-state index in [1.165, 1.54) is 11.0 Å². The van der Waals surface area contributed by atoms with E-state index in [1.807, 2.05) is 79.7 Å². The van der Waals surface area contributed by atoms with E-state index in [1.54, 1.807) is 24.1 Å². The van der Waals surface area contributed by atoms with Crippen molar-refractivity contribution < 1.29 is 9.53 Å². The summed E-state index contributed by atoms with van der Waals surface area (Å²) in [6.45, 7) is 0.425. The van der Waals surface area contributed by atoms with E-state index in [4.69, 9.17) is 4.74 Å². The summed E-state index contributed by atoms with van der Waals surface area (Å²) in [6, 6.07) is 22.9. The molecular formula is C24H24N6O2. The molecule has 0 N–H and O–H groups in total. The molecule has 8 nitrogen and oxygen atoms in total. The van der Waals surface area contributed by atoms with Gasteiger partial charge in [0.1, 0.15) is 12.1 Å². The van der Waals surface area contributed by atoms with Gasteiger partial charge in [-0.3, -0.25) is 4.79 Å². The number of rotatable bonds is 7. The number of hydrogen-bond donors (Lipinski definition) is 0. The lowest BCUT2D eigenvalue weighted by Crippen LogP contribution is -2.30. The van der Waals surface area contributed by atoms with Crippen molar-refractivity contribution in [2.45, 2.75) is 6.54 Å². The van der Waals surface area contributed by atoms with Gasteiger partial charge in [0, 0.05) is 31.0 Å². The summed E-state index contributed by atoms with van der Waals surface area (Å²) < 4.78 is 6.80. The minimum Gasteiger partial charge on any atom is -0.497 e. The first kappa shape index (κ1) is 21.0. The van der Waals surface area contributed by atoms with E-state index < -0.39 is 0 Å². The minimum atomic E-state index is -0.123. The molecule has 0 aliphatic rings. The topological polar surface area (TPSA) is 76.4 Å². The Morgan fingerprint density at radius 2 is 1.69 bits per heavy atom. The van der Waals surface area contributed by atoms with Crippen LogP contribution in [0.1, 0.15) is 15.9 Å². The van der Waals surface area contributed by atoms with Crippen LogP contribution in [0.4, 0.5) is 11.4 Å². The van der Waals surface area contributed by atoms with Gasteiger partial charge in [-0.05, 0) is 70.6 Å². The molecule has 0 unspecified atom stereocenters. The number of amides is 1. The summed E-state index contributed by atoms with van der Waals surface area (Å²) in [5.41, 5.74) is 4.16. The van der Waals surface area contributed by atoms with Crippen molar-refractivity contribution in [3.05, 3.63) is 90.3 Å². The number of anilines is 2. The predicted molar refractivity (Wildman–Crippen MR) is 123 cm³/mol. The zero-order chi connectivity index (χ0) is 22.5. The molecule has 8 heteroatoms. The maximum Gasteiger partial charge on any atom is 0.258 e. The molecule has 4 rings (SSSR count). The second-order valence-corrected chi connectivity index (χ2v) is 7.45. The lowest BCUT2D eigenvalue weighted by molar-refractivity contribution is 0.0985. The molecule has 0 bridgehead atoms. The molecule has 1 heterocycles. The highest BCUT2D eigenvalue weighted by Gasteiger charge is 2.19. The fraction of sp³-hybridized carbons (Fsp3) is 0.167. The first-order valence-electron chi connectivity index (χ1n) is 10.1. The van der Waals surface area contributed by atoms with Crippen molar-refractivity contribution in [3.63, 3.8) is 0 Å². The summed E-state index contributed by atoms with van der Waals surface area (Å²) in [4.78, 5) is 17.4. The number of methoxy groups -OCH3 is 1. The van der Waals surface area contributed by atoms with Crippen LogP contribution in [-0.2, 0) is 6.54 Å². The number of hydrogen-bond acceptors (Lipinski definition) is 6. The van der Waals surface area contributed by atoms with Crippen molar-refractivity contribution in [1.82, 2.24) is 20.2 Å². The molecule has 0 saturated heterocycles. The van der Waals surface area contributed by atoms with E-state index in [9.17, 15) is 4.79 Å². The highest BCUT2D eigenvalue weighted by molar-refractivity contribution is 6.06. The molecule has 0 spiro atoms. The van der Waals surface area contributed by atoms with Gasteiger partial charge in [-0.1, -0.05) is 18.2 Å². The normalized spacial score (nSPS) is 10.6. The molecule has 0 aliphatic carbocycles. The number of ether oxygens (including phenoxy) is 1. The van der Waals surface area contributed by atoms with Gasteiger partial charge in [0.2, 0.25) is 0 Å². The van der Waals surface area contributed by atoms with Gasteiger partial charge in [-0.15, -0.1) is 5.10 Å². The number of aromatic nitrogens is 4. The average molecular weight is 428 g/mol. The van der Waals surface area contributed by atoms with Crippen LogP contribution in [0.15, 0.2) is 79.1 Å². The van der Waals surface area contributed by atoms with Gasteiger partial charge in [-0.25, -0.2) is 4.68 Å². The van der Waals surface area contributed by atoms with Crippen molar-refractivity contribution in [3.8, 4) is 11.4 Å². The van der Waals surface area contributed by atoms with Gasteiger partial charge in [0.25, 0.3) is 5.91 Å². The smallest absolute Gasteiger partial charge is 0.258 e. The molecule has 32 heavy (non-hydrogen) atoms. The number of carbonyl (C=O) groups is 1. The van der Waals surface area contributed by atoms with Gasteiger partial charge in [0.15, 0.2) is 0 Å². The summed E-state index contributed by atoms with van der Waals surface area (Å²) >= 11 is 0. The van der Waals surface area contributed by atoms with E-state index in [0.29, 0.717) is 17.8 Å². The zero-order valence-corrected chi connectivity index (χ0v) is 18.2. The summed E-state index contributed by atoms with van der Waals surface area (Å²) in [7, 11) is 5.62. The number of nitrogens with zero attached hydrogens (tertiary/aromatic N) is 6. The lowest BCUT2D eigenvalue weighted by Gasteiger charge is -2.24. The van der Waals surface area contributed by atoms with Crippen LogP contribution in [0.2, 0.25) is 0 Å². The highest BCUT2D eigenvalue weighted by atomic mass is 16.5.